The molecular weight excluding hydrogens is 374 g/mol. The van der Waals surface area contributed by atoms with E-state index in [4.69, 9.17) is 4.74 Å². The van der Waals surface area contributed by atoms with Gasteiger partial charge in [0.05, 0.1) is 12.6 Å². The number of hydrogen-bond donors (Lipinski definition) is 1. The van der Waals surface area contributed by atoms with Crippen molar-refractivity contribution in [2.24, 2.45) is 0 Å². The Labute approximate surface area is 175 Å². The summed E-state index contributed by atoms with van der Waals surface area (Å²) in [6.45, 7) is 4.89. The van der Waals surface area contributed by atoms with Gasteiger partial charge in [-0.15, -0.1) is 0 Å². The molecule has 5 rings (SSSR count). The second-order valence-corrected chi connectivity index (χ2v) is 7.56. The van der Waals surface area contributed by atoms with Gasteiger partial charge in [0.25, 0.3) is 0 Å². The van der Waals surface area contributed by atoms with Gasteiger partial charge >= 0.3 is 0 Å². The Balaban J connectivity index is 1.30. The van der Waals surface area contributed by atoms with Crippen LogP contribution in [0.1, 0.15) is 5.56 Å². The molecule has 0 unspecified atom stereocenters. The lowest BCUT2D eigenvalue weighted by molar-refractivity contribution is 0.284. The van der Waals surface area contributed by atoms with Crippen LogP contribution in [0, 0.1) is 0 Å². The van der Waals surface area contributed by atoms with Crippen LogP contribution < -0.4 is 9.64 Å². The zero-order chi connectivity index (χ0) is 20.3. The van der Waals surface area contributed by atoms with Crippen LogP contribution in [-0.4, -0.2) is 59.7 Å². The van der Waals surface area contributed by atoms with Crippen LogP contribution in [0.2, 0.25) is 0 Å². The molecule has 1 aliphatic rings. The molecule has 2 aromatic carbocycles. The molecule has 0 radical (unpaired) electrons. The van der Waals surface area contributed by atoms with Gasteiger partial charge in [-0.3, -0.25) is 4.90 Å². The summed E-state index contributed by atoms with van der Waals surface area (Å²) in [5, 5.41) is 1.10. The standard InChI is InChI=1S/C24H25N5O/c1-30-19-9-10-20-21(16-19)27-23-22(20)25-17-26-24(23)29-14-12-28(13-15-29)11-5-8-18-6-3-2-4-7-18/h2-10,16-17,27H,11-15H2,1H3. The van der Waals surface area contributed by atoms with Gasteiger partial charge < -0.3 is 14.6 Å². The normalized spacial score (nSPS) is 15.4. The SMILES string of the molecule is COc1ccc2c(c1)[nH]c1c(N3CCN(CC=Cc4ccccc4)CC3)ncnc12. The molecule has 2 aromatic heterocycles. The first-order chi connectivity index (χ1) is 14.8. The Kier molecular flexibility index (Phi) is 5.07. The fraction of sp³-hybridized carbons (Fsp3) is 0.250. The molecule has 1 N–H and O–H groups in total. The van der Waals surface area contributed by atoms with E-state index in [0.717, 1.165) is 66.2 Å². The molecule has 3 heterocycles. The van der Waals surface area contributed by atoms with Crippen LogP contribution in [0.25, 0.3) is 28.0 Å². The lowest BCUT2D eigenvalue weighted by Crippen LogP contribution is -2.46. The molecule has 1 saturated heterocycles. The second kappa shape index (κ2) is 8.16. The topological polar surface area (TPSA) is 57.3 Å². The molecule has 0 bridgehead atoms. The maximum atomic E-state index is 5.36. The highest BCUT2D eigenvalue weighted by Crippen LogP contribution is 2.31. The average Bonchev–Trinajstić information content (AvgIpc) is 3.18. The summed E-state index contributed by atoms with van der Waals surface area (Å²) in [6.07, 6.45) is 6.11. The number of aromatic nitrogens is 3. The van der Waals surface area contributed by atoms with Crippen LogP contribution in [0.3, 0.4) is 0 Å². The van der Waals surface area contributed by atoms with Crippen molar-refractivity contribution in [3.63, 3.8) is 0 Å². The van der Waals surface area contributed by atoms with E-state index >= 15 is 0 Å². The highest BCUT2D eigenvalue weighted by molar-refractivity contribution is 6.08. The molecule has 0 amide bonds. The Morgan fingerprint density at radius 1 is 1.03 bits per heavy atom. The van der Waals surface area contributed by atoms with E-state index < -0.39 is 0 Å². The molecule has 0 spiro atoms. The number of nitrogens with zero attached hydrogens (tertiary/aromatic N) is 4. The first kappa shape index (κ1) is 18.6. The number of benzene rings is 2. The fourth-order valence-electron chi connectivity index (χ4n) is 4.07. The number of H-pyrrole nitrogens is 1. The second-order valence-electron chi connectivity index (χ2n) is 7.56. The van der Waals surface area contributed by atoms with E-state index in [9.17, 15) is 0 Å². The van der Waals surface area contributed by atoms with Gasteiger partial charge in [-0.05, 0) is 17.7 Å². The first-order valence-corrected chi connectivity index (χ1v) is 10.3. The monoisotopic (exact) mass is 399 g/mol. The van der Waals surface area contributed by atoms with Crippen molar-refractivity contribution >= 4 is 33.8 Å². The Hall–Kier alpha value is -3.38. The molecule has 152 valence electrons. The molecule has 0 atom stereocenters. The van der Waals surface area contributed by atoms with Gasteiger partial charge in [-0.2, -0.15) is 0 Å². The maximum absolute atomic E-state index is 5.36. The van der Waals surface area contributed by atoms with Crippen LogP contribution in [-0.2, 0) is 0 Å². The van der Waals surface area contributed by atoms with Crippen molar-refractivity contribution in [3.05, 3.63) is 66.5 Å². The van der Waals surface area contributed by atoms with E-state index in [2.05, 4.69) is 67.2 Å². The third-order valence-electron chi connectivity index (χ3n) is 5.71. The fourth-order valence-corrected chi connectivity index (χ4v) is 4.07. The van der Waals surface area contributed by atoms with E-state index in [-0.39, 0.29) is 0 Å². The highest BCUT2D eigenvalue weighted by Gasteiger charge is 2.21. The molecule has 1 fully saturated rings. The third-order valence-corrected chi connectivity index (χ3v) is 5.71. The number of methoxy groups -OCH3 is 1. The van der Waals surface area contributed by atoms with Crippen molar-refractivity contribution in [1.82, 2.24) is 19.9 Å². The summed E-state index contributed by atoms with van der Waals surface area (Å²) in [4.78, 5) is 17.5. The lowest BCUT2D eigenvalue weighted by atomic mass is 10.2. The zero-order valence-electron chi connectivity index (χ0n) is 17.1. The quantitative estimate of drug-likeness (QED) is 0.551. The number of anilines is 1. The number of piperazine rings is 1. The number of fused-ring (bicyclic) bond motifs is 3. The molecule has 0 saturated carbocycles. The van der Waals surface area contributed by atoms with Gasteiger partial charge in [0, 0.05) is 44.2 Å². The number of rotatable bonds is 5. The van der Waals surface area contributed by atoms with Crippen molar-refractivity contribution in [3.8, 4) is 5.75 Å². The minimum Gasteiger partial charge on any atom is -0.497 e. The highest BCUT2D eigenvalue weighted by atomic mass is 16.5. The summed E-state index contributed by atoms with van der Waals surface area (Å²) in [7, 11) is 1.68. The van der Waals surface area contributed by atoms with Crippen LogP contribution >= 0.6 is 0 Å². The number of ether oxygens (including phenoxy) is 1. The lowest BCUT2D eigenvalue weighted by Gasteiger charge is -2.34. The van der Waals surface area contributed by atoms with Crippen molar-refractivity contribution < 1.29 is 4.74 Å². The zero-order valence-corrected chi connectivity index (χ0v) is 17.1. The van der Waals surface area contributed by atoms with Crippen molar-refractivity contribution in [2.75, 3.05) is 44.7 Å². The summed E-state index contributed by atoms with van der Waals surface area (Å²) in [5.41, 5.74) is 4.23. The Morgan fingerprint density at radius 2 is 1.87 bits per heavy atom. The molecule has 1 aliphatic heterocycles. The Bertz CT molecular complexity index is 1180. The summed E-state index contributed by atoms with van der Waals surface area (Å²) < 4.78 is 5.36. The van der Waals surface area contributed by atoms with Gasteiger partial charge in [0.2, 0.25) is 0 Å². The minimum absolute atomic E-state index is 0.834. The predicted octanol–water partition coefficient (Wildman–Crippen LogP) is 3.96. The maximum Gasteiger partial charge on any atom is 0.156 e. The molecular formula is C24H25N5O. The van der Waals surface area contributed by atoms with E-state index in [1.54, 1.807) is 13.4 Å². The largest absolute Gasteiger partial charge is 0.497 e. The minimum atomic E-state index is 0.834. The van der Waals surface area contributed by atoms with Gasteiger partial charge in [-0.25, -0.2) is 9.97 Å². The molecule has 4 aromatic rings. The van der Waals surface area contributed by atoms with Crippen LogP contribution in [0.5, 0.6) is 5.75 Å². The smallest absolute Gasteiger partial charge is 0.156 e. The molecule has 30 heavy (non-hydrogen) atoms. The molecule has 6 nitrogen and oxygen atoms in total. The van der Waals surface area contributed by atoms with Crippen LogP contribution in [0.4, 0.5) is 5.82 Å². The summed E-state index contributed by atoms with van der Waals surface area (Å²) in [6, 6.07) is 16.5. The first-order valence-electron chi connectivity index (χ1n) is 10.3. The number of hydrogen-bond acceptors (Lipinski definition) is 5. The molecule has 0 aliphatic carbocycles. The van der Waals surface area contributed by atoms with E-state index in [1.165, 1.54) is 5.56 Å². The van der Waals surface area contributed by atoms with Gasteiger partial charge in [-0.1, -0.05) is 42.5 Å². The van der Waals surface area contributed by atoms with Gasteiger partial charge in [0.1, 0.15) is 23.1 Å². The number of aromatic amines is 1. The summed E-state index contributed by atoms with van der Waals surface area (Å²) in [5.74, 6) is 1.82. The van der Waals surface area contributed by atoms with Crippen molar-refractivity contribution in [2.45, 2.75) is 0 Å². The third kappa shape index (κ3) is 3.62. The van der Waals surface area contributed by atoms with E-state index in [0.29, 0.717) is 0 Å². The Morgan fingerprint density at radius 3 is 2.67 bits per heavy atom. The molecule has 6 heteroatoms. The van der Waals surface area contributed by atoms with Gasteiger partial charge in [0.15, 0.2) is 5.82 Å². The number of nitrogens with one attached hydrogen (secondary N) is 1. The summed E-state index contributed by atoms with van der Waals surface area (Å²) >= 11 is 0. The van der Waals surface area contributed by atoms with Crippen molar-refractivity contribution in [1.29, 1.82) is 0 Å². The van der Waals surface area contributed by atoms with E-state index in [1.807, 2.05) is 18.2 Å². The van der Waals surface area contributed by atoms with Crippen LogP contribution in [0.15, 0.2) is 60.9 Å². The average molecular weight is 399 g/mol. The predicted molar refractivity (Wildman–Crippen MR) is 122 cm³/mol.